The lowest BCUT2D eigenvalue weighted by Gasteiger charge is -2.25. The highest BCUT2D eigenvalue weighted by atomic mass is 32.2. The van der Waals surface area contributed by atoms with E-state index in [1.165, 1.54) is 26.2 Å². The molecule has 22 heavy (non-hydrogen) atoms. The van der Waals surface area contributed by atoms with Crippen LogP contribution < -0.4 is 5.32 Å². The number of thioether (sulfide) groups is 1. The first-order valence-corrected chi connectivity index (χ1v) is 8.69. The van der Waals surface area contributed by atoms with E-state index in [1.54, 1.807) is 11.6 Å². The SMILES string of the molecule is O=[N+]([O-])c1c(N[C@H]2CCSc3ccccc32)nc2sccn12. The summed E-state index contributed by atoms with van der Waals surface area (Å²) in [6.07, 6.45) is 2.60. The van der Waals surface area contributed by atoms with Crippen molar-refractivity contribution in [1.82, 2.24) is 9.38 Å². The van der Waals surface area contributed by atoms with E-state index < -0.39 is 0 Å². The Morgan fingerprint density at radius 1 is 1.41 bits per heavy atom. The molecular formula is C14H12N4O2S2. The molecule has 1 aliphatic heterocycles. The fraction of sp³-hybridized carbons (Fsp3) is 0.214. The van der Waals surface area contributed by atoms with Crippen molar-refractivity contribution in [3.63, 3.8) is 0 Å². The molecule has 0 aliphatic carbocycles. The van der Waals surface area contributed by atoms with Crippen molar-refractivity contribution in [3.05, 3.63) is 51.5 Å². The molecule has 1 aliphatic rings. The lowest BCUT2D eigenvalue weighted by molar-refractivity contribution is -0.389. The average molecular weight is 332 g/mol. The van der Waals surface area contributed by atoms with Gasteiger partial charge in [-0.05, 0) is 23.0 Å². The Labute approximate surface area is 134 Å². The van der Waals surface area contributed by atoms with Gasteiger partial charge in [0.15, 0.2) is 0 Å². The minimum atomic E-state index is -0.376. The molecule has 1 aromatic carbocycles. The molecule has 0 spiro atoms. The van der Waals surface area contributed by atoms with E-state index in [4.69, 9.17) is 0 Å². The van der Waals surface area contributed by atoms with E-state index in [0.717, 1.165) is 12.2 Å². The molecule has 0 saturated heterocycles. The van der Waals surface area contributed by atoms with Gasteiger partial charge in [0, 0.05) is 16.0 Å². The van der Waals surface area contributed by atoms with E-state index in [2.05, 4.69) is 22.4 Å². The molecule has 0 unspecified atom stereocenters. The van der Waals surface area contributed by atoms with Crippen molar-refractivity contribution in [1.29, 1.82) is 0 Å². The number of benzene rings is 1. The summed E-state index contributed by atoms with van der Waals surface area (Å²) in [4.78, 5) is 17.3. The molecule has 0 saturated carbocycles. The van der Waals surface area contributed by atoms with Crippen molar-refractivity contribution in [2.24, 2.45) is 0 Å². The normalized spacial score (nSPS) is 17.4. The molecule has 6 nitrogen and oxygen atoms in total. The van der Waals surface area contributed by atoms with Crippen LogP contribution in [0.3, 0.4) is 0 Å². The van der Waals surface area contributed by atoms with Crippen molar-refractivity contribution < 1.29 is 4.92 Å². The van der Waals surface area contributed by atoms with Gasteiger partial charge in [-0.3, -0.25) is 0 Å². The van der Waals surface area contributed by atoms with Gasteiger partial charge in [0.2, 0.25) is 5.82 Å². The van der Waals surface area contributed by atoms with Crippen LogP contribution in [-0.4, -0.2) is 20.1 Å². The zero-order valence-corrected chi connectivity index (χ0v) is 13.1. The number of rotatable bonds is 3. The van der Waals surface area contributed by atoms with Gasteiger partial charge in [0.25, 0.3) is 4.96 Å². The third-order valence-corrected chi connectivity index (χ3v) is 5.56. The number of hydrogen-bond acceptors (Lipinski definition) is 6. The standard InChI is InChI=1S/C14H12N4O2S2/c19-18(20)13-12(16-14-17(13)6-8-22-14)15-10-5-7-21-11-4-2-1-3-9(10)11/h1-4,6,8,10,15H,5,7H2/t10-/m0/s1. The van der Waals surface area contributed by atoms with Gasteiger partial charge in [-0.25, -0.2) is 0 Å². The third kappa shape index (κ3) is 2.15. The quantitative estimate of drug-likeness (QED) is 0.581. The number of nitrogens with zero attached hydrogens (tertiary/aromatic N) is 3. The van der Waals surface area contributed by atoms with Crippen LogP contribution in [0.15, 0.2) is 40.7 Å². The highest BCUT2D eigenvalue weighted by Gasteiger charge is 2.28. The Morgan fingerprint density at radius 2 is 2.27 bits per heavy atom. The van der Waals surface area contributed by atoms with Gasteiger partial charge in [-0.2, -0.15) is 9.38 Å². The van der Waals surface area contributed by atoms with Crippen molar-refractivity contribution >= 4 is 39.7 Å². The fourth-order valence-corrected chi connectivity index (χ4v) is 4.54. The van der Waals surface area contributed by atoms with Crippen molar-refractivity contribution in [2.75, 3.05) is 11.1 Å². The summed E-state index contributed by atoms with van der Waals surface area (Å²) < 4.78 is 1.52. The summed E-state index contributed by atoms with van der Waals surface area (Å²) in [5.74, 6) is 1.35. The van der Waals surface area contributed by atoms with E-state index in [0.29, 0.717) is 10.8 Å². The number of hydrogen-bond donors (Lipinski definition) is 1. The van der Waals surface area contributed by atoms with Crippen LogP contribution >= 0.6 is 23.1 Å². The number of nitro groups is 1. The number of thiazole rings is 1. The van der Waals surface area contributed by atoms with Crippen LogP contribution in [-0.2, 0) is 0 Å². The maximum atomic E-state index is 11.4. The fourth-order valence-electron chi connectivity index (χ4n) is 2.70. The predicted molar refractivity (Wildman–Crippen MR) is 87.9 cm³/mol. The number of nitrogens with one attached hydrogen (secondary N) is 1. The molecule has 3 aromatic rings. The summed E-state index contributed by atoms with van der Waals surface area (Å²) in [7, 11) is 0. The van der Waals surface area contributed by atoms with Crippen LogP contribution in [0, 0.1) is 10.1 Å². The van der Waals surface area contributed by atoms with Crippen LogP contribution in [0.1, 0.15) is 18.0 Å². The average Bonchev–Trinajstić information content (AvgIpc) is 3.07. The Bertz CT molecular complexity index is 858. The minimum absolute atomic E-state index is 0.00644. The number of imidazole rings is 1. The van der Waals surface area contributed by atoms with Gasteiger partial charge in [0.05, 0.1) is 6.04 Å². The molecule has 4 rings (SSSR count). The van der Waals surface area contributed by atoms with E-state index in [9.17, 15) is 10.1 Å². The van der Waals surface area contributed by atoms with Crippen LogP contribution in [0.2, 0.25) is 0 Å². The first-order valence-electron chi connectivity index (χ1n) is 6.82. The van der Waals surface area contributed by atoms with Gasteiger partial charge in [-0.1, -0.05) is 29.5 Å². The second-order valence-corrected chi connectivity index (χ2v) is 6.98. The molecule has 0 amide bonds. The summed E-state index contributed by atoms with van der Waals surface area (Å²) in [6.45, 7) is 0. The first kappa shape index (κ1) is 13.6. The molecule has 1 N–H and O–H groups in total. The van der Waals surface area contributed by atoms with E-state index in [-0.39, 0.29) is 16.8 Å². The van der Waals surface area contributed by atoms with E-state index >= 15 is 0 Å². The number of anilines is 1. The summed E-state index contributed by atoms with van der Waals surface area (Å²) >= 11 is 3.21. The molecule has 112 valence electrons. The van der Waals surface area contributed by atoms with Crippen LogP contribution in [0.5, 0.6) is 0 Å². The van der Waals surface area contributed by atoms with Crippen molar-refractivity contribution in [2.45, 2.75) is 17.4 Å². The van der Waals surface area contributed by atoms with Gasteiger partial charge < -0.3 is 15.4 Å². The van der Waals surface area contributed by atoms with Crippen molar-refractivity contribution in [3.8, 4) is 0 Å². The lowest BCUT2D eigenvalue weighted by atomic mass is 10.0. The molecule has 0 radical (unpaired) electrons. The Morgan fingerprint density at radius 3 is 3.14 bits per heavy atom. The number of aromatic nitrogens is 2. The smallest absolute Gasteiger partial charge is 0.358 e. The second kappa shape index (κ2) is 5.29. The molecule has 2 aromatic heterocycles. The van der Waals surface area contributed by atoms with Crippen LogP contribution in [0.4, 0.5) is 11.6 Å². The van der Waals surface area contributed by atoms with E-state index in [1.807, 2.05) is 23.9 Å². The highest BCUT2D eigenvalue weighted by Crippen LogP contribution is 2.39. The maximum absolute atomic E-state index is 11.4. The zero-order chi connectivity index (χ0) is 15.1. The predicted octanol–water partition coefficient (Wildman–Crippen LogP) is 3.95. The minimum Gasteiger partial charge on any atom is -0.358 e. The highest BCUT2D eigenvalue weighted by molar-refractivity contribution is 7.99. The largest absolute Gasteiger partial charge is 0.372 e. The molecule has 0 bridgehead atoms. The number of fused-ring (bicyclic) bond motifs is 2. The topological polar surface area (TPSA) is 72.5 Å². The monoisotopic (exact) mass is 332 g/mol. The van der Waals surface area contributed by atoms with Gasteiger partial charge >= 0.3 is 5.82 Å². The van der Waals surface area contributed by atoms with Gasteiger partial charge in [-0.15, -0.1) is 11.8 Å². The Kier molecular flexibility index (Phi) is 3.27. The second-order valence-electron chi connectivity index (χ2n) is 4.97. The summed E-state index contributed by atoms with van der Waals surface area (Å²) in [6, 6.07) is 8.24. The summed E-state index contributed by atoms with van der Waals surface area (Å²) in [5, 5.41) is 16.5. The molecule has 8 heteroatoms. The molecule has 0 fully saturated rings. The van der Waals surface area contributed by atoms with Crippen LogP contribution in [0.25, 0.3) is 4.96 Å². The molecule has 3 heterocycles. The Hall–Kier alpha value is -2.06. The summed E-state index contributed by atoms with van der Waals surface area (Å²) in [5.41, 5.74) is 1.18. The maximum Gasteiger partial charge on any atom is 0.372 e. The van der Waals surface area contributed by atoms with Gasteiger partial charge in [0.1, 0.15) is 6.20 Å². The molecule has 1 atom stereocenters. The third-order valence-electron chi connectivity index (χ3n) is 3.68. The Balaban J connectivity index is 1.74. The first-order chi connectivity index (χ1) is 10.7. The zero-order valence-electron chi connectivity index (χ0n) is 11.4. The lowest BCUT2D eigenvalue weighted by Crippen LogP contribution is -2.17. The molecular weight excluding hydrogens is 320 g/mol.